The number of amides is 1. The fourth-order valence-electron chi connectivity index (χ4n) is 2.77. The first-order chi connectivity index (χ1) is 13.7. The third-order valence-electron chi connectivity index (χ3n) is 4.15. The molecule has 3 aromatic rings. The fraction of sp³-hybridized carbons (Fsp3) is 0.0870. The quantitative estimate of drug-likeness (QED) is 0.671. The van der Waals surface area contributed by atoms with E-state index in [0.29, 0.717) is 28.8 Å². The molecule has 1 N–H and O–H groups in total. The van der Waals surface area contributed by atoms with Gasteiger partial charge in [-0.3, -0.25) is 4.79 Å². The second-order valence-electron chi connectivity index (χ2n) is 6.04. The van der Waals surface area contributed by atoms with E-state index in [4.69, 9.17) is 4.74 Å². The summed E-state index contributed by atoms with van der Waals surface area (Å²) in [5, 5.41) is 12.0. The highest BCUT2D eigenvalue weighted by Gasteiger charge is 2.17. The van der Waals surface area contributed by atoms with Crippen molar-refractivity contribution in [3.8, 4) is 17.2 Å². The van der Waals surface area contributed by atoms with Crippen molar-refractivity contribution in [1.82, 2.24) is 5.32 Å². The Morgan fingerprint density at radius 2 is 1.50 bits per heavy atom. The normalized spacial score (nSPS) is 9.96. The van der Waals surface area contributed by atoms with E-state index in [1.54, 1.807) is 48.5 Å². The highest BCUT2D eigenvalue weighted by molar-refractivity contribution is 5.98. The van der Waals surface area contributed by atoms with Crippen molar-refractivity contribution in [3.63, 3.8) is 0 Å². The summed E-state index contributed by atoms with van der Waals surface area (Å²) in [5.41, 5.74) is 2.96. The lowest BCUT2D eigenvalue weighted by Gasteiger charge is -2.11. The van der Waals surface area contributed by atoms with Crippen LogP contribution in [-0.4, -0.2) is 18.5 Å². The zero-order valence-corrected chi connectivity index (χ0v) is 15.1. The van der Waals surface area contributed by atoms with Gasteiger partial charge in [-0.05, 0) is 23.3 Å². The van der Waals surface area contributed by atoms with E-state index in [2.05, 4.69) is 11.4 Å². The van der Waals surface area contributed by atoms with Gasteiger partial charge in [-0.1, -0.05) is 66.7 Å². The number of carbonyl (C=O) groups is 2. The number of carbonyl (C=O) groups excluding carboxylic acids is 2. The van der Waals surface area contributed by atoms with E-state index in [0.717, 1.165) is 5.56 Å². The van der Waals surface area contributed by atoms with Crippen molar-refractivity contribution in [1.29, 1.82) is 5.26 Å². The molecule has 138 valence electrons. The van der Waals surface area contributed by atoms with Crippen LogP contribution in [0.15, 0.2) is 78.9 Å². The predicted molar refractivity (Wildman–Crippen MR) is 105 cm³/mol. The Morgan fingerprint density at radius 3 is 2.25 bits per heavy atom. The largest absolute Gasteiger partial charge is 0.452 e. The summed E-state index contributed by atoms with van der Waals surface area (Å²) < 4.78 is 5.18. The molecule has 0 unspecified atom stereocenters. The van der Waals surface area contributed by atoms with Gasteiger partial charge in [0.05, 0.1) is 17.2 Å². The minimum absolute atomic E-state index is 0.307. The number of nitrogens with one attached hydrogen (secondary N) is 1. The molecular weight excluding hydrogens is 352 g/mol. The van der Waals surface area contributed by atoms with Crippen LogP contribution in [0.1, 0.15) is 21.5 Å². The Kier molecular flexibility index (Phi) is 6.17. The number of hydrogen-bond donors (Lipinski definition) is 1. The van der Waals surface area contributed by atoms with E-state index in [1.165, 1.54) is 0 Å². The minimum atomic E-state index is -0.613. The van der Waals surface area contributed by atoms with E-state index in [1.807, 2.05) is 30.3 Å². The maximum Gasteiger partial charge on any atom is 0.339 e. The lowest BCUT2D eigenvalue weighted by atomic mass is 9.96. The molecule has 0 radical (unpaired) electrons. The third kappa shape index (κ3) is 4.63. The summed E-state index contributed by atoms with van der Waals surface area (Å²) in [6, 6.07) is 25.5. The molecule has 1 amide bonds. The van der Waals surface area contributed by atoms with Gasteiger partial charge in [0, 0.05) is 12.1 Å². The zero-order valence-electron chi connectivity index (χ0n) is 15.1. The predicted octanol–water partition coefficient (Wildman–Crippen LogP) is 3.70. The number of nitrogens with zero attached hydrogens (tertiary/aromatic N) is 1. The van der Waals surface area contributed by atoms with Crippen LogP contribution in [-0.2, 0) is 16.1 Å². The second kappa shape index (κ2) is 9.15. The Hall–Kier alpha value is -3.91. The lowest BCUT2D eigenvalue weighted by molar-refractivity contribution is -0.124. The second-order valence-corrected chi connectivity index (χ2v) is 6.04. The van der Waals surface area contributed by atoms with Crippen LogP contribution in [0, 0.1) is 11.3 Å². The molecule has 0 saturated carbocycles. The van der Waals surface area contributed by atoms with Gasteiger partial charge in [0.15, 0.2) is 6.61 Å². The molecule has 5 heteroatoms. The molecule has 0 aliphatic rings. The highest BCUT2D eigenvalue weighted by Crippen LogP contribution is 2.27. The molecule has 0 fully saturated rings. The summed E-state index contributed by atoms with van der Waals surface area (Å²) in [5.74, 6) is -0.995. The molecule has 3 rings (SSSR count). The standard InChI is InChI=1S/C23H18N2O3/c24-14-18-10-4-5-11-19(18)20-12-6-7-13-21(20)23(27)28-16-22(26)25-15-17-8-2-1-3-9-17/h1-13H,15-16H2,(H,25,26). The Bertz CT molecular complexity index is 1020. The van der Waals surface area contributed by atoms with E-state index >= 15 is 0 Å². The SMILES string of the molecule is N#Cc1ccccc1-c1ccccc1C(=O)OCC(=O)NCc1ccccc1. The van der Waals surface area contributed by atoms with Crippen molar-refractivity contribution in [2.24, 2.45) is 0 Å². The van der Waals surface area contributed by atoms with Crippen LogP contribution in [0.3, 0.4) is 0 Å². The molecule has 0 saturated heterocycles. The number of hydrogen-bond acceptors (Lipinski definition) is 4. The van der Waals surface area contributed by atoms with Crippen LogP contribution in [0.2, 0.25) is 0 Å². The molecule has 0 aromatic heterocycles. The van der Waals surface area contributed by atoms with Gasteiger partial charge >= 0.3 is 5.97 Å². The topological polar surface area (TPSA) is 79.2 Å². The van der Waals surface area contributed by atoms with Crippen LogP contribution < -0.4 is 5.32 Å². The molecule has 0 spiro atoms. The molecular formula is C23H18N2O3. The highest BCUT2D eigenvalue weighted by atomic mass is 16.5. The maximum absolute atomic E-state index is 12.5. The first-order valence-electron chi connectivity index (χ1n) is 8.75. The molecule has 3 aromatic carbocycles. The van der Waals surface area contributed by atoms with Crippen molar-refractivity contribution < 1.29 is 14.3 Å². The van der Waals surface area contributed by atoms with Crippen molar-refractivity contribution in [3.05, 3.63) is 95.6 Å². The number of benzene rings is 3. The maximum atomic E-state index is 12.5. The smallest absolute Gasteiger partial charge is 0.339 e. The van der Waals surface area contributed by atoms with Gasteiger partial charge < -0.3 is 10.1 Å². The first kappa shape index (κ1) is 18.9. The third-order valence-corrected chi connectivity index (χ3v) is 4.15. The van der Waals surface area contributed by atoms with Crippen molar-refractivity contribution in [2.45, 2.75) is 6.54 Å². The Labute approximate surface area is 163 Å². The van der Waals surface area contributed by atoms with Crippen LogP contribution in [0.4, 0.5) is 0 Å². The molecule has 0 heterocycles. The summed E-state index contributed by atoms with van der Waals surface area (Å²) in [7, 11) is 0. The average molecular weight is 370 g/mol. The van der Waals surface area contributed by atoms with E-state index < -0.39 is 5.97 Å². The zero-order chi connectivity index (χ0) is 19.8. The van der Waals surface area contributed by atoms with Gasteiger partial charge in [-0.25, -0.2) is 4.79 Å². The molecule has 28 heavy (non-hydrogen) atoms. The van der Waals surface area contributed by atoms with E-state index in [9.17, 15) is 14.9 Å². The molecule has 0 atom stereocenters. The summed E-state index contributed by atoms with van der Waals surface area (Å²) in [4.78, 5) is 24.5. The molecule has 0 aliphatic carbocycles. The van der Waals surface area contributed by atoms with Crippen LogP contribution >= 0.6 is 0 Å². The number of nitriles is 1. The van der Waals surface area contributed by atoms with Crippen molar-refractivity contribution in [2.75, 3.05) is 6.61 Å². The number of ether oxygens (including phenoxy) is 1. The fourth-order valence-corrected chi connectivity index (χ4v) is 2.77. The molecule has 0 aliphatic heterocycles. The number of esters is 1. The van der Waals surface area contributed by atoms with Crippen molar-refractivity contribution >= 4 is 11.9 Å². The van der Waals surface area contributed by atoms with Crippen LogP contribution in [0.25, 0.3) is 11.1 Å². The Balaban J connectivity index is 1.67. The van der Waals surface area contributed by atoms with E-state index in [-0.39, 0.29) is 12.5 Å². The van der Waals surface area contributed by atoms with Gasteiger partial charge in [0.2, 0.25) is 0 Å². The molecule has 5 nitrogen and oxygen atoms in total. The summed E-state index contributed by atoms with van der Waals surface area (Å²) >= 11 is 0. The lowest BCUT2D eigenvalue weighted by Crippen LogP contribution is -2.28. The summed E-state index contributed by atoms with van der Waals surface area (Å²) in [6.45, 7) is -0.0107. The van der Waals surface area contributed by atoms with Gasteiger partial charge in [0.25, 0.3) is 5.91 Å². The first-order valence-corrected chi connectivity index (χ1v) is 8.75. The summed E-state index contributed by atoms with van der Waals surface area (Å²) in [6.07, 6.45) is 0. The van der Waals surface area contributed by atoms with Crippen LogP contribution in [0.5, 0.6) is 0 Å². The number of rotatable bonds is 6. The minimum Gasteiger partial charge on any atom is -0.452 e. The van der Waals surface area contributed by atoms with Gasteiger partial charge in [-0.15, -0.1) is 0 Å². The molecule has 0 bridgehead atoms. The Morgan fingerprint density at radius 1 is 0.857 bits per heavy atom. The average Bonchev–Trinajstić information content (AvgIpc) is 2.76. The van der Waals surface area contributed by atoms with Gasteiger partial charge in [0.1, 0.15) is 0 Å². The van der Waals surface area contributed by atoms with Gasteiger partial charge in [-0.2, -0.15) is 5.26 Å². The monoisotopic (exact) mass is 370 g/mol.